The van der Waals surface area contributed by atoms with Crippen LogP contribution in [0.5, 0.6) is 5.75 Å². The molecule has 0 atom stereocenters. The summed E-state index contributed by atoms with van der Waals surface area (Å²) in [6.45, 7) is 1.85. The van der Waals surface area contributed by atoms with E-state index in [1.54, 1.807) is 61.5 Å². The molecule has 0 fully saturated rings. The van der Waals surface area contributed by atoms with Crippen LogP contribution in [0.4, 0.5) is 33.3 Å². The summed E-state index contributed by atoms with van der Waals surface area (Å²) in [4.78, 5) is 25.2. The van der Waals surface area contributed by atoms with E-state index in [9.17, 15) is 31.5 Å². The van der Waals surface area contributed by atoms with E-state index in [0.717, 1.165) is 0 Å². The highest BCUT2D eigenvalue weighted by atomic mass is 19.4. The molecule has 6 nitrogen and oxygen atoms in total. The lowest BCUT2D eigenvalue weighted by atomic mass is 10.0. The number of unbranched alkanes of at least 4 members (excludes halogenated alkanes) is 1. The summed E-state index contributed by atoms with van der Waals surface area (Å²) in [7, 11) is 0. The topological polar surface area (TPSA) is 105 Å². The number of hydrogen-bond acceptors (Lipinski definition) is 6. The molecule has 3 aromatic carbocycles. The van der Waals surface area contributed by atoms with Gasteiger partial charge in [-0.05, 0) is 85.9 Å². The Morgan fingerprint density at radius 1 is 0.878 bits per heavy atom. The lowest BCUT2D eigenvalue weighted by Crippen LogP contribution is -2.36. The van der Waals surface area contributed by atoms with Crippen LogP contribution in [0.3, 0.4) is 0 Å². The molecular weight excluding hydrogens is 547 g/mol. The van der Waals surface area contributed by atoms with Crippen LogP contribution < -0.4 is 16.2 Å². The fourth-order valence-corrected chi connectivity index (χ4v) is 3.87. The minimum atomic E-state index is -5.55. The maximum absolute atomic E-state index is 13.0. The molecule has 0 radical (unpaired) electrons. The van der Waals surface area contributed by atoms with Gasteiger partial charge in [0.05, 0.1) is 17.7 Å². The number of benzene rings is 3. The standard InChI is InChI=1S/C30H29F5N2O4/c1-2-40-28(39)25(24-15-12-22(36)18-26(24)37)17-20-8-13-23(14-9-20)41-27(38)21-10-6-19(7-11-21)5-3-4-16-29(31,32)30(33,34)35/h6-15,17-18H,2-5,16,36-37H2,1H3. The van der Waals surface area contributed by atoms with Crippen molar-refractivity contribution in [3.63, 3.8) is 0 Å². The summed E-state index contributed by atoms with van der Waals surface area (Å²) in [6.07, 6.45) is -5.10. The van der Waals surface area contributed by atoms with Gasteiger partial charge in [-0.3, -0.25) is 0 Å². The van der Waals surface area contributed by atoms with Crippen molar-refractivity contribution in [1.29, 1.82) is 0 Å². The third-order valence-electron chi connectivity index (χ3n) is 6.07. The molecule has 41 heavy (non-hydrogen) atoms. The molecule has 0 spiro atoms. The summed E-state index contributed by atoms with van der Waals surface area (Å²) in [6, 6.07) is 17.3. The predicted octanol–water partition coefficient (Wildman–Crippen LogP) is 7.08. The largest absolute Gasteiger partial charge is 0.462 e. The van der Waals surface area contributed by atoms with Crippen molar-refractivity contribution in [3.8, 4) is 5.75 Å². The predicted molar refractivity (Wildman–Crippen MR) is 146 cm³/mol. The number of carbonyl (C=O) groups is 2. The van der Waals surface area contributed by atoms with Gasteiger partial charge in [0.2, 0.25) is 0 Å². The van der Waals surface area contributed by atoms with Crippen LogP contribution in [-0.4, -0.2) is 30.6 Å². The number of carbonyl (C=O) groups excluding carboxylic acids is 2. The highest BCUT2D eigenvalue weighted by Crippen LogP contribution is 2.39. The third-order valence-corrected chi connectivity index (χ3v) is 6.07. The number of halogens is 5. The lowest BCUT2D eigenvalue weighted by Gasteiger charge is -2.19. The van der Waals surface area contributed by atoms with Crippen LogP contribution in [0.25, 0.3) is 11.6 Å². The highest BCUT2D eigenvalue weighted by molar-refractivity contribution is 6.23. The average molecular weight is 577 g/mol. The van der Waals surface area contributed by atoms with Crippen molar-refractivity contribution in [1.82, 2.24) is 0 Å². The normalized spacial score (nSPS) is 12.2. The fourth-order valence-electron chi connectivity index (χ4n) is 3.87. The first kappa shape index (κ1) is 31.1. The highest BCUT2D eigenvalue weighted by Gasteiger charge is 2.56. The number of rotatable bonds is 11. The summed E-state index contributed by atoms with van der Waals surface area (Å²) in [5.74, 6) is -5.68. The molecule has 4 N–H and O–H groups in total. The molecule has 0 amide bonds. The zero-order chi connectivity index (χ0) is 30.2. The van der Waals surface area contributed by atoms with Crippen molar-refractivity contribution in [2.24, 2.45) is 0 Å². The molecule has 0 unspecified atom stereocenters. The van der Waals surface area contributed by atoms with Crippen LogP contribution in [0.2, 0.25) is 0 Å². The minimum Gasteiger partial charge on any atom is -0.462 e. The van der Waals surface area contributed by atoms with Crippen molar-refractivity contribution in [2.45, 2.75) is 44.7 Å². The first-order valence-electron chi connectivity index (χ1n) is 12.7. The lowest BCUT2D eigenvalue weighted by molar-refractivity contribution is -0.284. The number of esters is 2. The Bertz CT molecular complexity index is 1390. The van der Waals surface area contributed by atoms with E-state index in [1.807, 2.05) is 0 Å². The minimum absolute atomic E-state index is 0.138. The van der Waals surface area contributed by atoms with Crippen LogP contribution in [0, 0.1) is 0 Å². The van der Waals surface area contributed by atoms with Gasteiger partial charge < -0.3 is 20.9 Å². The van der Waals surface area contributed by atoms with Gasteiger partial charge in [-0.25, -0.2) is 9.59 Å². The Hall–Kier alpha value is -4.41. The number of hydrogen-bond donors (Lipinski definition) is 2. The second-order valence-electron chi connectivity index (χ2n) is 9.19. The molecule has 0 aromatic heterocycles. The maximum Gasteiger partial charge on any atom is 0.453 e. The first-order valence-corrected chi connectivity index (χ1v) is 12.7. The molecule has 3 aromatic rings. The summed E-state index contributed by atoms with van der Waals surface area (Å²) >= 11 is 0. The van der Waals surface area contributed by atoms with E-state index < -0.39 is 30.5 Å². The number of alkyl halides is 5. The maximum atomic E-state index is 13.0. The molecule has 0 aliphatic rings. The number of anilines is 2. The van der Waals surface area contributed by atoms with Crippen molar-refractivity contribution in [2.75, 3.05) is 18.1 Å². The van der Waals surface area contributed by atoms with Gasteiger partial charge in [-0.15, -0.1) is 0 Å². The first-order chi connectivity index (χ1) is 19.3. The fraction of sp³-hybridized carbons (Fsp3) is 0.267. The molecule has 0 aliphatic heterocycles. The SMILES string of the molecule is CCOC(=O)C(=Cc1ccc(OC(=O)c2ccc(CCCCC(F)(F)C(F)(F)F)cc2)cc1)c1ccc(N)cc1N. The summed E-state index contributed by atoms with van der Waals surface area (Å²) < 4.78 is 73.3. The summed E-state index contributed by atoms with van der Waals surface area (Å²) in [5, 5.41) is 0. The van der Waals surface area contributed by atoms with E-state index in [0.29, 0.717) is 28.1 Å². The second kappa shape index (κ2) is 13.3. The van der Waals surface area contributed by atoms with E-state index in [1.165, 1.54) is 18.2 Å². The number of nitrogen functional groups attached to an aromatic ring is 2. The van der Waals surface area contributed by atoms with Crippen molar-refractivity contribution >= 4 is 35.0 Å². The molecular formula is C30H29F5N2O4. The van der Waals surface area contributed by atoms with Crippen LogP contribution >= 0.6 is 0 Å². The monoisotopic (exact) mass is 576 g/mol. The molecule has 0 aliphatic carbocycles. The third kappa shape index (κ3) is 8.54. The average Bonchev–Trinajstić information content (AvgIpc) is 2.91. The Morgan fingerprint density at radius 2 is 1.54 bits per heavy atom. The quantitative estimate of drug-likeness (QED) is 0.0481. The van der Waals surface area contributed by atoms with E-state index in [2.05, 4.69) is 0 Å². The van der Waals surface area contributed by atoms with Gasteiger partial charge in [0.1, 0.15) is 5.75 Å². The molecule has 0 heterocycles. The van der Waals surface area contributed by atoms with Crippen LogP contribution in [-0.2, 0) is 16.0 Å². The van der Waals surface area contributed by atoms with Crippen molar-refractivity contribution in [3.05, 3.63) is 89.0 Å². The Balaban J connectivity index is 1.62. The van der Waals surface area contributed by atoms with Gasteiger partial charge in [-0.1, -0.05) is 24.3 Å². The Kier molecular flexibility index (Phi) is 10.1. The number of ether oxygens (including phenoxy) is 2. The summed E-state index contributed by atoms with van der Waals surface area (Å²) in [5.41, 5.74) is 14.8. The van der Waals surface area contributed by atoms with E-state index in [4.69, 9.17) is 20.9 Å². The van der Waals surface area contributed by atoms with Crippen LogP contribution in [0.1, 0.15) is 53.2 Å². The molecule has 11 heteroatoms. The number of aryl methyl sites for hydroxylation is 1. The molecule has 3 rings (SSSR count). The van der Waals surface area contributed by atoms with E-state index in [-0.39, 0.29) is 42.8 Å². The second-order valence-corrected chi connectivity index (χ2v) is 9.19. The van der Waals surface area contributed by atoms with Gasteiger partial charge in [-0.2, -0.15) is 22.0 Å². The molecule has 0 saturated heterocycles. The molecule has 0 saturated carbocycles. The van der Waals surface area contributed by atoms with E-state index >= 15 is 0 Å². The smallest absolute Gasteiger partial charge is 0.453 e. The zero-order valence-electron chi connectivity index (χ0n) is 22.1. The van der Waals surface area contributed by atoms with Gasteiger partial charge >= 0.3 is 24.0 Å². The Labute approximate surface area is 233 Å². The van der Waals surface area contributed by atoms with Gasteiger partial charge in [0.25, 0.3) is 0 Å². The molecule has 218 valence electrons. The van der Waals surface area contributed by atoms with Gasteiger partial charge in [0.15, 0.2) is 0 Å². The van der Waals surface area contributed by atoms with Crippen molar-refractivity contribution < 1.29 is 41.0 Å². The number of nitrogens with two attached hydrogens (primary N) is 2. The van der Waals surface area contributed by atoms with Crippen LogP contribution in [0.15, 0.2) is 66.7 Å². The zero-order valence-corrected chi connectivity index (χ0v) is 22.1. The van der Waals surface area contributed by atoms with Gasteiger partial charge in [0, 0.05) is 23.4 Å². The Morgan fingerprint density at radius 3 is 2.12 bits per heavy atom. The molecule has 0 bridgehead atoms.